The molecule has 5 N–H and O–H groups in total. The summed E-state index contributed by atoms with van der Waals surface area (Å²) in [5.41, 5.74) is 12.4. The van der Waals surface area contributed by atoms with Gasteiger partial charge in [0.05, 0.1) is 24.6 Å². The van der Waals surface area contributed by atoms with E-state index >= 15 is 0 Å². The number of halogens is 2. The van der Waals surface area contributed by atoms with Crippen LogP contribution in [0, 0.1) is 17.6 Å². The third-order valence-corrected chi connectivity index (χ3v) is 5.85. The van der Waals surface area contributed by atoms with Crippen molar-refractivity contribution in [2.45, 2.75) is 12.8 Å². The summed E-state index contributed by atoms with van der Waals surface area (Å²) in [4.78, 5) is 8.46. The van der Waals surface area contributed by atoms with Crippen LogP contribution in [-0.4, -0.2) is 36.8 Å². The van der Waals surface area contributed by atoms with Gasteiger partial charge in [0.25, 0.3) is 0 Å². The summed E-state index contributed by atoms with van der Waals surface area (Å²) in [6.07, 6.45) is 3.54. The molecule has 194 valence electrons. The maximum atomic E-state index is 14.1. The SMILES string of the molecule is COc1cc2c(Oc3ccc(N)cc3F)ncnc2cc1OCC1CCNCC1.Nc1ccc(F)cc1. The maximum absolute atomic E-state index is 14.1. The normalized spacial score (nSPS) is 13.5. The minimum absolute atomic E-state index is 0.0319. The molecule has 5 rings (SSSR count). The Bertz CT molecular complexity index is 1310. The first kappa shape index (κ1) is 25.9. The second kappa shape index (κ2) is 12.2. The van der Waals surface area contributed by atoms with Gasteiger partial charge in [-0.2, -0.15) is 0 Å². The lowest BCUT2D eigenvalue weighted by atomic mass is 9.99. The minimum atomic E-state index is -0.564. The largest absolute Gasteiger partial charge is 0.493 e. The van der Waals surface area contributed by atoms with Gasteiger partial charge in [0.15, 0.2) is 23.1 Å². The molecule has 4 aromatic rings. The summed E-state index contributed by atoms with van der Waals surface area (Å²) in [5, 5.41) is 3.94. The van der Waals surface area contributed by atoms with Crippen molar-refractivity contribution in [2.75, 3.05) is 38.3 Å². The van der Waals surface area contributed by atoms with Gasteiger partial charge in [-0.1, -0.05) is 0 Å². The lowest BCUT2D eigenvalue weighted by molar-refractivity contribution is 0.208. The number of rotatable bonds is 6. The third-order valence-electron chi connectivity index (χ3n) is 5.85. The molecule has 1 saturated heterocycles. The Morgan fingerprint density at radius 1 is 0.892 bits per heavy atom. The van der Waals surface area contributed by atoms with Crippen LogP contribution in [0.4, 0.5) is 20.2 Å². The maximum Gasteiger partial charge on any atom is 0.230 e. The molecule has 37 heavy (non-hydrogen) atoms. The van der Waals surface area contributed by atoms with Crippen molar-refractivity contribution in [2.24, 2.45) is 5.92 Å². The van der Waals surface area contributed by atoms with Gasteiger partial charge in [-0.15, -0.1) is 0 Å². The Hall–Kier alpha value is -4.18. The Labute approximate surface area is 213 Å². The van der Waals surface area contributed by atoms with E-state index in [1.165, 1.54) is 42.7 Å². The lowest BCUT2D eigenvalue weighted by Gasteiger charge is -2.23. The van der Waals surface area contributed by atoms with Crippen molar-refractivity contribution >= 4 is 22.3 Å². The number of anilines is 2. The molecule has 0 saturated carbocycles. The van der Waals surface area contributed by atoms with Crippen molar-refractivity contribution < 1.29 is 23.0 Å². The zero-order valence-electron chi connectivity index (χ0n) is 20.4. The number of nitrogen functional groups attached to an aromatic ring is 2. The van der Waals surface area contributed by atoms with E-state index in [1.807, 2.05) is 0 Å². The van der Waals surface area contributed by atoms with Crippen LogP contribution in [0.1, 0.15) is 12.8 Å². The number of ether oxygens (including phenoxy) is 3. The zero-order chi connectivity index (χ0) is 26.2. The van der Waals surface area contributed by atoms with Gasteiger partial charge in [0, 0.05) is 23.5 Å². The Balaban J connectivity index is 0.000000342. The molecular weight excluding hydrogens is 480 g/mol. The van der Waals surface area contributed by atoms with E-state index in [0.29, 0.717) is 46.3 Å². The fourth-order valence-electron chi connectivity index (χ4n) is 3.82. The molecule has 10 heteroatoms. The number of aromatic nitrogens is 2. The highest BCUT2D eigenvalue weighted by Gasteiger charge is 2.17. The van der Waals surface area contributed by atoms with E-state index in [4.69, 9.17) is 25.7 Å². The first-order chi connectivity index (χ1) is 17.9. The van der Waals surface area contributed by atoms with Gasteiger partial charge in [0.2, 0.25) is 5.88 Å². The van der Waals surface area contributed by atoms with E-state index in [2.05, 4.69) is 15.3 Å². The molecule has 0 unspecified atom stereocenters. The Kier molecular flexibility index (Phi) is 8.52. The number of nitrogens with one attached hydrogen (secondary N) is 1. The minimum Gasteiger partial charge on any atom is -0.493 e. The fourth-order valence-corrected chi connectivity index (χ4v) is 3.82. The van der Waals surface area contributed by atoms with Crippen molar-refractivity contribution in [3.63, 3.8) is 0 Å². The molecule has 0 spiro atoms. The number of benzene rings is 3. The molecule has 1 aliphatic heterocycles. The van der Waals surface area contributed by atoms with Gasteiger partial charge >= 0.3 is 0 Å². The summed E-state index contributed by atoms with van der Waals surface area (Å²) < 4.78 is 43.4. The molecule has 2 heterocycles. The van der Waals surface area contributed by atoms with Gasteiger partial charge in [-0.3, -0.25) is 0 Å². The number of nitrogens with two attached hydrogens (primary N) is 2. The summed E-state index contributed by atoms with van der Waals surface area (Å²) in [6.45, 7) is 2.64. The van der Waals surface area contributed by atoms with Crippen LogP contribution in [-0.2, 0) is 0 Å². The van der Waals surface area contributed by atoms with Crippen LogP contribution in [0.15, 0.2) is 60.9 Å². The third kappa shape index (κ3) is 6.95. The summed E-state index contributed by atoms with van der Waals surface area (Å²) in [6, 6.07) is 13.5. The van der Waals surface area contributed by atoms with Gasteiger partial charge in [0.1, 0.15) is 12.1 Å². The smallest absolute Gasteiger partial charge is 0.230 e. The fraction of sp³-hybridized carbons (Fsp3) is 0.259. The average molecular weight is 510 g/mol. The monoisotopic (exact) mass is 509 g/mol. The number of hydrogen-bond acceptors (Lipinski definition) is 8. The van der Waals surface area contributed by atoms with Crippen molar-refractivity contribution in [3.05, 3.63) is 72.6 Å². The molecule has 1 fully saturated rings. The number of methoxy groups -OCH3 is 1. The van der Waals surface area contributed by atoms with Crippen molar-refractivity contribution in [1.29, 1.82) is 0 Å². The molecular formula is C27H29F2N5O3. The summed E-state index contributed by atoms with van der Waals surface area (Å²) in [5.74, 6) is 1.11. The van der Waals surface area contributed by atoms with Gasteiger partial charge in [-0.05, 0) is 74.3 Å². The summed E-state index contributed by atoms with van der Waals surface area (Å²) in [7, 11) is 1.57. The second-order valence-corrected chi connectivity index (χ2v) is 8.55. The topological polar surface area (TPSA) is 118 Å². The van der Waals surface area contributed by atoms with Crippen molar-refractivity contribution in [1.82, 2.24) is 15.3 Å². The molecule has 0 atom stereocenters. The zero-order valence-corrected chi connectivity index (χ0v) is 20.4. The molecule has 0 bridgehead atoms. The van der Waals surface area contributed by atoms with Crippen LogP contribution in [0.3, 0.4) is 0 Å². The van der Waals surface area contributed by atoms with Crippen LogP contribution < -0.4 is 31.0 Å². The Morgan fingerprint density at radius 2 is 1.62 bits per heavy atom. The predicted molar refractivity (Wildman–Crippen MR) is 139 cm³/mol. The molecule has 1 aromatic heterocycles. The van der Waals surface area contributed by atoms with E-state index in [1.54, 1.807) is 25.3 Å². The lowest BCUT2D eigenvalue weighted by Crippen LogP contribution is -2.30. The van der Waals surface area contributed by atoms with E-state index in [9.17, 15) is 8.78 Å². The summed E-state index contributed by atoms with van der Waals surface area (Å²) >= 11 is 0. The van der Waals surface area contributed by atoms with Crippen LogP contribution >= 0.6 is 0 Å². The first-order valence-electron chi connectivity index (χ1n) is 11.8. The highest BCUT2D eigenvalue weighted by atomic mass is 19.1. The van der Waals surface area contributed by atoms with E-state index < -0.39 is 5.82 Å². The van der Waals surface area contributed by atoms with E-state index in [0.717, 1.165) is 25.9 Å². The standard InChI is InChI=1S/C21H23FN4O3.C6H6FN/c1-27-19-9-15-17(10-20(19)28-11-13-4-6-24-7-5-13)25-12-26-21(15)29-18-3-2-14(23)8-16(18)22;7-5-1-3-6(8)4-2-5/h2-3,8-10,12-13,24H,4-7,11,23H2,1H3;1-4H,8H2. The molecule has 1 aliphatic rings. The van der Waals surface area contributed by atoms with Gasteiger partial charge in [-0.25, -0.2) is 18.7 Å². The van der Waals surface area contributed by atoms with Crippen LogP contribution in [0.25, 0.3) is 10.9 Å². The quantitative estimate of drug-likeness (QED) is 0.313. The Morgan fingerprint density at radius 3 is 2.30 bits per heavy atom. The van der Waals surface area contributed by atoms with Gasteiger partial charge < -0.3 is 31.0 Å². The first-order valence-corrected chi connectivity index (χ1v) is 11.8. The molecule has 3 aromatic carbocycles. The van der Waals surface area contributed by atoms with E-state index in [-0.39, 0.29) is 17.4 Å². The average Bonchev–Trinajstić information content (AvgIpc) is 2.91. The number of hydrogen-bond donors (Lipinski definition) is 3. The van der Waals surface area contributed by atoms with Crippen LogP contribution in [0.5, 0.6) is 23.1 Å². The molecule has 0 amide bonds. The predicted octanol–water partition coefficient (Wildman–Crippen LogP) is 4.94. The highest BCUT2D eigenvalue weighted by molar-refractivity contribution is 5.87. The van der Waals surface area contributed by atoms with Crippen molar-refractivity contribution in [3.8, 4) is 23.1 Å². The molecule has 0 radical (unpaired) electrons. The second-order valence-electron chi connectivity index (χ2n) is 8.55. The molecule has 8 nitrogen and oxygen atoms in total. The highest BCUT2D eigenvalue weighted by Crippen LogP contribution is 2.37. The number of nitrogens with zero attached hydrogens (tertiary/aromatic N) is 2. The van der Waals surface area contributed by atoms with Crippen LogP contribution in [0.2, 0.25) is 0 Å². The number of piperidine rings is 1. The number of fused-ring (bicyclic) bond motifs is 1. The molecule has 0 aliphatic carbocycles.